The molecule has 2 heterocycles. The number of likely N-dealkylation sites (tertiary alicyclic amines) is 1. The highest BCUT2D eigenvalue weighted by Gasteiger charge is 2.40. The Hall–Kier alpha value is -1.10. The van der Waals surface area contributed by atoms with Crippen LogP contribution < -0.4 is 5.32 Å². The summed E-state index contributed by atoms with van der Waals surface area (Å²) in [5, 5.41) is 3.25. The second-order valence-corrected chi connectivity index (χ2v) is 5.66. The van der Waals surface area contributed by atoms with E-state index >= 15 is 0 Å². The van der Waals surface area contributed by atoms with Crippen molar-refractivity contribution in [3.63, 3.8) is 0 Å². The summed E-state index contributed by atoms with van der Waals surface area (Å²) in [7, 11) is 3.51. The van der Waals surface area contributed by atoms with Crippen molar-refractivity contribution in [2.24, 2.45) is 11.8 Å². The maximum absolute atomic E-state index is 12.5. The van der Waals surface area contributed by atoms with Crippen molar-refractivity contribution in [1.82, 2.24) is 15.1 Å². The van der Waals surface area contributed by atoms with E-state index in [0.29, 0.717) is 5.92 Å². The summed E-state index contributed by atoms with van der Waals surface area (Å²) in [6.07, 6.45) is 1.74. The molecular formula is C13H23N3O2. The van der Waals surface area contributed by atoms with Crippen LogP contribution in [0.1, 0.15) is 19.8 Å². The van der Waals surface area contributed by atoms with Crippen LogP contribution >= 0.6 is 0 Å². The Morgan fingerprint density at radius 3 is 2.56 bits per heavy atom. The largest absolute Gasteiger partial charge is 0.347 e. The summed E-state index contributed by atoms with van der Waals surface area (Å²) in [6.45, 7) is 4.48. The second kappa shape index (κ2) is 5.26. The molecule has 2 fully saturated rings. The lowest BCUT2D eigenvalue weighted by Crippen LogP contribution is -2.48. The van der Waals surface area contributed by atoms with Gasteiger partial charge in [-0.2, -0.15) is 0 Å². The van der Waals surface area contributed by atoms with E-state index in [1.807, 2.05) is 0 Å². The van der Waals surface area contributed by atoms with Gasteiger partial charge in [-0.3, -0.25) is 9.59 Å². The van der Waals surface area contributed by atoms with Crippen molar-refractivity contribution in [2.75, 3.05) is 33.7 Å². The van der Waals surface area contributed by atoms with Crippen LogP contribution in [0, 0.1) is 11.8 Å². The van der Waals surface area contributed by atoms with Gasteiger partial charge in [0.2, 0.25) is 11.8 Å². The first-order valence-corrected chi connectivity index (χ1v) is 6.74. The molecule has 18 heavy (non-hydrogen) atoms. The van der Waals surface area contributed by atoms with E-state index in [1.54, 1.807) is 23.9 Å². The lowest BCUT2D eigenvalue weighted by molar-refractivity contribution is -0.145. The zero-order valence-corrected chi connectivity index (χ0v) is 11.5. The first-order valence-electron chi connectivity index (χ1n) is 6.74. The number of hydrogen-bond acceptors (Lipinski definition) is 3. The Balaban J connectivity index is 2.07. The molecule has 0 bridgehead atoms. The lowest BCUT2D eigenvalue weighted by Gasteiger charge is -2.29. The van der Waals surface area contributed by atoms with E-state index in [-0.39, 0.29) is 23.8 Å². The maximum Gasteiger partial charge on any atom is 0.244 e. The predicted octanol–water partition coefficient (Wildman–Crippen LogP) is -0.0789. The molecule has 2 saturated heterocycles. The Labute approximate surface area is 108 Å². The molecule has 102 valence electrons. The molecular weight excluding hydrogens is 230 g/mol. The van der Waals surface area contributed by atoms with Gasteiger partial charge in [0.1, 0.15) is 6.04 Å². The molecule has 0 radical (unpaired) electrons. The molecule has 0 aromatic heterocycles. The average Bonchev–Trinajstić information content (AvgIpc) is 2.95. The fourth-order valence-electron chi connectivity index (χ4n) is 2.94. The summed E-state index contributed by atoms with van der Waals surface area (Å²) in [6, 6.07) is -0.236. The van der Waals surface area contributed by atoms with Crippen LogP contribution in [0.4, 0.5) is 0 Å². The number of nitrogens with one attached hydrogen (secondary N) is 1. The molecule has 2 aliphatic rings. The zero-order chi connectivity index (χ0) is 13.3. The lowest BCUT2D eigenvalue weighted by atomic mass is 9.96. The number of carbonyl (C=O) groups is 2. The van der Waals surface area contributed by atoms with Gasteiger partial charge >= 0.3 is 0 Å². The van der Waals surface area contributed by atoms with Crippen molar-refractivity contribution in [1.29, 1.82) is 0 Å². The van der Waals surface area contributed by atoms with Crippen molar-refractivity contribution >= 4 is 11.8 Å². The Morgan fingerprint density at radius 2 is 2.00 bits per heavy atom. The minimum atomic E-state index is -0.236. The minimum Gasteiger partial charge on any atom is -0.347 e. The van der Waals surface area contributed by atoms with E-state index in [1.165, 1.54) is 0 Å². The Kier molecular flexibility index (Phi) is 3.90. The highest BCUT2D eigenvalue weighted by molar-refractivity contribution is 5.89. The van der Waals surface area contributed by atoms with Gasteiger partial charge in [-0.15, -0.1) is 0 Å². The third-order valence-corrected chi connectivity index (χ3v) is 4.10. The summed E-state index contributed by atoms with van der Waals surface area (Å²) in [4.78, 5) is 28.0. The standard InChI is InChI=1S/C13H23N3O2/c1-9-7-14-8-10(9)12(17)16-6-4-5-11(16)13(18)15(2)3/h9-11,14H,4-8H2,1-3H3/t9-,10-,11?/m1/s1. The number of rotatable bonds is 2. The topological polar surface area (TPSA) is 52.7 Å². The summed E-state index contributed by atoms with van der Waals surface area (Å²) >= 11 is 0. The number of nitrogens with zero attached hydrogens (tertiary/aromatic N) is 2. The zero-order valence-electron chi connectivity index (χ0n) is 11.5. The molecule has 0 aromatic rings. The van der Waals surface area contributed by atoms with Gasteiger partial charge in [-0.25, -0.2) is 0 Å². The van der Waals surface area contributed by atoms with Crippen molar-refractivity contribution < 1.29 is 9.59 Å². The summed E-state index contributed by atoms with van der Waals surface area (Å²) in [5.41, 5.74) is 0. The van der Waals surface area contributed by atoms with Gasteiger partial charge in [0.25, 0.3) is 0 Å². The summed E-state index contributed by atoms with van der Waals surface area (Å²) in [5.74, 6) is 0.624. The first-order chi connectivity index (χ1) is 8.52. The third-order valence-electron chi connectivity index (χ3n) is 4.10. The maximum atomic E-state index is 12.5. The Morgan fingerprint density at radius 1 is 1.28 bits per heavy atom. The Bertz CT molecular complexity index is 343. The van der Waals surface area contributed by atoms with E-state index in [9.17, 15) is 9.59 Å². The van der Waals surface area contributed by atoms with Gasteiger partial charge < -0.3 is 15.1 Å². The van der Waals surface area contributed by atoms with E-state index in [2.05, 4.69) is 12.2 Å². The van der Waals surface area contributed by atoms with Gasteiger partial charge in [-0.1, -0.05) is 6.92 Å². The SMILES string of the molecule is C[C@@H]1CNC[C@H]1C(=O)N1CCCC1C(=O)N(C)C. The molecule has 0 aliphatic carbocycles. The first kappa shape index (κ1) is 13.3. The second-order valence-electron chi connectivity index (χ2n) is 5.66. The van der Waals surface area contributed by atoms with Crippen molar-refractivity contribution in [2.45, 2.75) is 25.8 Å². The van der Waals surface area contributed by atoms with Crippen LogP contribution in [0.15, 0.2) is 0 Å². The smallest absolute Gasteiger partial charge is 0.244 e. The average molecular weight is 253 g/mol. The highest BCUT2D eigenvalue weighted by Crippen LogP contribution is 2.25. The van der Waals surface area contributed by atoms with Gasteiger partial charge in [0.15, 0.2) is 0 Å². The normalized spacial score (nSPS) is 31.7. The number of carbonyl (C=O) groups excluding carboxylic acids is 2. The molecule has 2 aliphatic heterocycles. The van der Waals surface area contributed by atoms with E-state index in [0.717, 1.165) is 32.5 Å². The molecule has 0 aromatic carbocycles. The van der Waals surface area contributed by atoms with Crippen molar-refractivity contribution in [3.8, 4) is 0 Å². The molecule has 1 unspecified atom stereocenters. The van der Waals surface area contributed by atoms with E-state index in [4.69, 9.17) is 0 Å². The molecule has 2 rings (SSSR count). The van der Waals surface area contributed by atoms with Crippen LogP contribution in [0.5, 0.6) is 0 Å². The summed E-state index contributed by atoms with van der Waals surface area (Å²) < 4.78 is 0. The number of amides is 2. The van der Waals surface area contributed by atoms with Crippen LogP contribution in [0.25, 0.3) is 0 Å². The van der Waals surface area contributed by atoms with Crippen LogP contribution in [-0.2, 0) is 9.59 Å². The molecule has 0 saturated carbocycles. The molecule has 2 amide bonds. The van der Waals surface area contributed by atoms with Gasteiger partial charge in [0.05, 0.1) is 5.92 Å². The van der Waals surface area contributed by atoms with Crippen molar-refractivity contribution in [3.05, 3.63) is 0 Å². The van der Waals surface area contributed by atoms with E-state index < -0.39 is 0 Å². The van der Waals surface area contributed by atoms with Crippen LogP contribution in [0.3, 0.4) is 0 Å². The van der Waals surface area contributed by atoms with Gasteiger partial charge in [-0.05, 0) is 25.3 Å². The quantitative estimate of drug-likeness (QED) is 0.749. The van der Waals surface area contributed by atoms with Crippen LogP contribution in [0.2, 0.25) is 0 Å². The third kappa shape index (κ3) is 2.36. The molecule has 5 nitrogen and oxygen atoms in total. The fourth-order valence-corrected chi connectivity index (χ4v) is 2.94. The minimum absolute atomic E-state index is 0.0422. The fraction of sp³-hybridized carbons (Fsp3) is 0.846. The number of hydrogen-bond donors (Lipinski definition) is 1. The predicted molar refractivity (Wildman–Crippen MR) is 69.0 cm³/mol. The van der Waals surface area contributed by atoms with Crippen LogP contribution in [-0.4, -0.2) is 61.4 Å². The number of likely N-dealkylation sites (N-methyl/N-ethyl adjacent to an activating group) is 1. The highest BCUT2D eigenvalue weighted by atomic mass is 16.2. The molecule has 3 atom stereocenters. The monoisotopic (exact) mass is 253 g/mol. The molecule has 5 heteroatoms. The van der Waals surface area contributed by atoms with Gasteiger partial charge in [0, 0.05) is 27.2 Å². The molecule has 1 N–H and O–H groups in total. The molecule has 0 spiro atoms.